The van der Waals surface area contributed by atoms with E-state index in [9.17, 15) is 0 Å². The van der Waals surface area contributed by atoms with E-state index in [-0.39, 0.29) is 0 Å². The van der Waals surface area contributed by atoms with Gasteiger partial charge in [-0.15, -0.1) is 0 Å². The first kappa shape index (κ1) is 14.6. The topological polar surface area (TPSA) is 34.1 Å². The minimum atomic E-state index is -1.07. The summed E-state index contributed by atoms with van der Waals surface area (Å²) < 4.78 is 5.14. The lowest BCUT2D eigenvalue weighted by Crippen LogP contribution is -2.23. The van der Waals surface area contributed by atoms with Gasteiger partial charge < -0.3 is 10.1 Å². The van der Waals surface area contributed by atoms with Gasteiger partial charge in [-0.2, -0.15) is 0 Å². The molecule has 0 aliphatic carbocycles. The Kier molecular flexibility index (Phi) is 4.45. The summed E-state index contributed by atoms with van der Waals surface area (Å²) in [5.41, 5.74) is 2.33. The molecule has 106 valence electrons. The lowest BCUT2D eigenvalue weighted by atomic mass is 10.3. The zero-order valence-electron chi connectivity index (χ0n) is 12.6. The van der Waals surface area contributed by atoms with Crippen LogP contribution in [-0.4, -0.2) is 20.2 Å². The van der Waals surface area contributed by atoms with Crippen LogP contribution in [0, 0.1) is 0 Å². The van der Waals surface area contributed by atoms with E-state index in [4.69, 9.17) is 4.74 Å². The first-order valence-corrected chi connectivity index (χ1v) is 10.5. The van der Waals surface area contributed by atoms with E-state index in [1.54, 1.807) is 7.11 Å². The molecule has 4 heteroatoms. The summed E-state index contributed by atoms with van der Waals surface area (Å²) in [5, 5.41) is 3.29. The van der Waals surface area contributed by atoms with Crippen LogP contribution in [0.2, 0.25) is 19.6 Å². The number of pyridine rings is 1. The number of rotatable bonds is 5. The van der Waals surface area contributed by atoms with Crippen LogP contribution >= 0.6 is 0 Å². The van der Waals surface area contributed by atoms with E-state index in [1.807, 2.05) is 36.5 Å². The second-order valence-electron chi connectivity index (χ2n) is 6.14. The smallest absolute Gasteiger partial charge is 0.130 e. The standard InChI is InChI=1S/C16H22N2OSi/c1-19-15-8-6-14(7-9-15)18-16-10-5-13(11-17-16)12-20(2,3)4/h5-11H,12H2,1-4H3,(H,17,18). The molecular formula is C16H22N2OSi. The number of hydrogen-bond donors (Lipinski definition) is 1. The highest BCUT2D eigenvalue weighted by Gasteiger charge is 2.13. The molecular weight excluding hydrogens is 264 g/mol. The van der Waals surface area contributed by atoms with Crippen molar-refractivity contribution in [2.75, 3.05) is 12.4 Å². The minimum Gasteiger partial charge on any atom is -0.497 e. The maximum absolute atomic E-state index is 5.14. The van der Waals surface area contributed by atoms with Gasteiger partial charge in [-0.05, 0) is 41.9 Å². The second kappa shape index (κ2) is 6.09. The minimum absolute atomic E-state index is 0.856. The molecule has 2 aromatic rings. The molecule has 0 fully saturated rings. The summed E-state index contributed by atoms with van der Waals surface area (Å²) in [5.74, 6) is 1.73. The molecule has 0 atom stereocenters. The Bertz CT molecular complexity index is 544. The molecule has 0 amide bonds. The zero-order chi connectivity index (χ0) is 14.6. The normalized spacial score (nSPS) is 11.2. The van der Waals surface area contributed by atoms with Gasteiger partial charge in [0.25, 0.3) is 0 Å². The van der Waals surface area contributed by atoms with Gasteiger partial charge in [0.05, 0.1) is 7.11 Å². The Balaban J connectivity index is 2.02. The fourth-order valence-electron chi connectivity index (χ4n) is 2.04. The predicted molar refractivity (Wildman–Crippen MR) is 87.6 cm³/mol. The number of ether oxygens (including phenoxy) is 1. The van der Waals surface area contributed by atoms with Gasteiger partial charge in [-0.3, -0.25) is 0 Å². The average Bonchev–Trinajstić information content (AvgIpc) is 2.40. The lowest BCUT2D eigenvalue weighted by molar-refractivity contribution is 0.415. The molecule has 0 saturated heterocycles. The highest BCUT2D eigenvalue weighted by molar-refractivity contribution is 6.75. The molecule has 2 rings (SSSR count). The van der Waals surface area contributed by atoms with E-state index < -0.39 is 8.07 Å². The van der Waals surface area contributed by atoms with Gasteiger partial charge >= 0.3 is 0 Å². The molecule has 0 aliphatic heterocycles. The predicted octanol–water partition coefficient (Wildman–Crippen LogP) is 4.25. The van der Waals surface area contributed by atoms with Crippen molar-refractivity contribution in [2.45, 2.75) is 25.7 Å². The molecule has 3 nitrogen and oxygen atoms in total. The highest BCUT2D eigenvalue weighted by Crippen LogP contribution is 2.19. The fourth-order valence-corrected chi connectivity index (χ4v) is 3.47. The van der Waals surface area contributed by atoms with Crippen molar-refractivity contribution < 1.29 is 4.74 Å². The summed E-state index contributed by atoms with van der Waals surface area (Å²) in [4.78, 5) is 4.48. The largest absolute Gasteiger partial charge is 0.497 e. The molecule has 0 unspecified atom stereocenters. The number of benzene rings is 1. The van der Waals surface area contributed by atoms with E-state index in [0.717, 1.165) is 17.3 Å². The Hall–Kier alpha value is -1.81. The third-order valence-corrected chi connectivity index (χ3v) is 4.39. The maximum atomic E-state index is 5.14. The van der Waals surface area contributed by atoms with Crippen LogP contribution in [-0.2, 0) is 6.04 Å². The third kappa shape index (κ3) is 4.38. The van der Waals surface area contributed by atoms with Gasteiger partial charge in [0.1, 0.15) is 11.6 Å². The summed E-state index contributed by atoms with van der Waals surface area (Å²) in [6.45, 7) is 7.11. The number of methoxy groups -OCH3 is 1. The van der Waals surface area contributed by atoms with Gasteiger partial charge in [0, 0.05) is 20.0 Å². The van der Waals surface area contributed by atoms with Gasteiger partial charge in [0.2, 0.25) is 0 Å². The molecule has 1 N–H and O–H groups in total. The number of anilines is 2. The van der Waals surface area contributed by atoms with E-state index in [0.29, 0.717) is 0 Å². The molecule has 0 radical (unpaired) electrons. The monoisotopic (exact) mass is 286 g/mol. The number of aromatic nitrogens is 1. The van der Waals surface area contributed by atoms with Crippen molar-refractivity contribution in [1.29, 1.82) is 0 Å². The SMILES string of the molecule is COc1ccc(Nc2ccc(C[Si](C)(C)C)cn2)cc1. The van der Waals surface area contributed by atoms with Crippen LogP contribution < -0.4 is 10.1 Å². The molecule has 0 spiro atoms. The Morgan fingerprint density at radius 3 is 2.25 bits per heavy atom. The van der Waals surface area contributed by atoms with E-state index >= 15 is 0 Å². The van der Waals surface area contributed by atoms with E-state index in [2.05, 4.69) is 36.0 Å². The Morgan fingerprint density at radius 2 is 1.75 bits per heavy atom. The number of nitrogens with zero attached hydrogens (tertiary/aromatic N) is 1. The highest BCUT2D eigenvalue weighted by atomic mass is 28.3. The molecule has 1 aromatic heterocycles. The van der Waals surface area contributed by atoms with Crippen molar-refractivity contribution in [3.05, 3.63) is 48.2 Å². The van der Waals surface area contributed by atoms with Crippen LogP contribution in [0.5, 0.6) is 5.75 Å². The van der Waals surface area contributed by atoms with Crippen LogP contribution in [0.25, 0.3) is 0 Å². The molecule has 0 saturated carbocycles. The van der Waals surface area contributed by atoms with Crippen molar-refractivity contribution in [1.82, 2.24) is 4.98 Å². The van der Waals surface area contributed by atoms with E-state index in [1.165, 1.54) is 11.6 Å². The van der Waals surface area contributed by atoms with Crippen molar-refractivity contribution in [2.24, 2.45) is 0 Å². The first-order valence-electron chi connectivity index (χ1n) is 6.82. The second-order valence-corrected chi connectivity index (χ2v) is 11.6. The molecule has 0 bridgehead atoms. The summed E-state index contributed by atoms with van der Waals surface area (Å²) in [6, 6.07) is 13.2. The number of nitrogens with one attached hydrogen (secondary N) is 1. The summed E-state index contributed by atoms with van der Waals surface area (Å²) in [6.07, 6.45) is 1.98. The summed E-state index contributed by atoms with van der Waals surface area (Å²) >= 11 is 0. The lowest BCUT2D eigenvalue weighted by Gasteiger charge is -2.15. The van der Waals surface area contributed by atoms with Crippen molar-refractivity contribution in [3.63, 3.8) is 0 Å². The van der Waals surface area contributed by atoms with Crippen LogP contribution in [0.3, 0.4) is 0 Å². The molecule has 0 aliphatic rings. The first-order chi connectivity index (χ1) is 9.46. The van der Waals surface area contributed by atoms with Crippen molar-refractivity contribution in [3.8, 4) is 5.75 Å². The van der Waals surface area contributed by atoms with Crippen LogP contribution in [0.4, 0.5) is 11.5 Å². The zero-order valence-corrected chi connectivity index (χ0v) is 13.6. The fraction of sp³-hybridized carbons (Fsp3) is 0.312. The molecule has 20 heavy (non-hydrogen) atoms. The van der Waals surface area contributed by atoms with Gasteiger partial charge in [0.15, 0.2) is 0 Å². The molecule has 1 heterocycles. The summed E-state index contributed by atoms with van der Waals surface area (Å²) in [7, 11) is 0.593. The van der Waals surface area contributed by atoms with Crippen molar-refractivity contribution >= 4 is 19.6 Å². The quantitative estimate of drug-likeness (QED) is 0.834. The Labute approximate surface area is 122 Å². The maximum Gasteiger partial charge on any atom is 0.130 e. The Morgan fingerprint density at radius 1 is 1.05 bits per heavy atom. The molecule has 1 aromatic carbocycles. The van der Waals surface area contributed by atoms with Crippen LogP contribution in [0.15, 0.2) is 42.6 Å². The average molecular weight is 286 g/mol. The third-order valence-electron chi connectivity index (χ3n) is 2.92. The van der Waals surface area contributed by atoms with Gasteiger partial charge in [-0.25, -0.2) is 4.98 Å². The van der Waals surface area contributed by atoms with Crippen LogP contribution in [0.1, 0.15) is 5.56 Å². The number of hydrogen-bond acceptors (Lipinski definition) is 3. The van der Waals surface area contributed by atoms with Gasteiger partial charge in [-0.1, -0.05) is 25.7 Å².